The van der Waals surface area contributed by atoms with Crippen molar-refractivity contribution in [2.45, 2.75) is 77.3 Å². The van der Waals surface area contributed by atoms with Crippen molar-refractivity contribution in [3.05, 3.63) is 280 Å². The van der Waals surface area contributed by atoms with Crippen molar-refractivity contribution in [2.75, 3.05) is 105 Å². The molecule has 142 heavy (non-hydrogen) atoms. The molecule has 0 spiro atoms. The Morgan fingerprint density at radius 3 is 0.768 bits per heavy atom. The van der Waals surface area contributed by atoms with E-state index in [2.05, 4.69) is 31.9 Å². The number of anilines is 2. The molecule has 0 aliphatic carbocycles. The highest BCUT2D eigenvalue weighted by atomic mass is 16.7. The van der Waals surface area contributed by atoms with E-state index in [1.807, 2.05) is 182 Å². The molecular weight excluding hydrogens is 1840 g/mol. The van der Waals surface area contributed by atoms with Crippen LogP contribution in [0.25, 0.3) is 6.08 Å². The van der Waals surface area contributed by atoms with Crippen LogP contribution in [0.3, 0.4) is 0 Å². The number of rotatable bonds is 27. The van der Waals surface area contributed by atoms with E-state index in [4.69, 9.17) is 114 Å². The SMILES string of the molecule is O=C(/C=C/c1ccc2c(c1)OCO2)Nc1ccc2c(c1)OCO2.O=C(CCc1ccc2c(c1)OCO2)NCCc1ccc2c(c1)OCO2.O=C(CCc1ccc2c(c1)OCO2)NCc1ccc2c(c1)OCO2.O=C(CCc1ccc2c(c1)OCO2)Nc1ccc2c(c1)OCO2.O=C(Cc1ccc2c(c1)OCO2)NCCc1ccc2c(c1)OCO2.O=C(Cc1ccc2c(c1)OCO2)NCc1ccc2c(c1)OCO2. The van der Waals surface area contributed by atoms with Gasteiger partial charge in [0.05, 0.1) is 12.8 Å². The van der Waals surface area contributed by atoms with Crippen LogP contribution in [0.5, 0.6) is 138 Å². The lowest BCUT2D eigenvalue weighted by atomic mass is 10.1. The number of benzene rings is 12. The zero-order valence-corrected chi connectivity index (χ0v) is 76.6. The first kappa shape index (κ1) is 93.4. The molecule has 0 radical (unpaired) electrons. The fourth-order valence-corrected chi connectivity index (χ4v) is 15.8. The topological polar surface area (TPSA) is 396 Å². The van der Waals surface area contributed by atoms with Gasteiger partial charge in [0, 0.05) is 75.0 Å². The van der Waals surface area contributed by atoms with Crippen LogP contribution in [0.4, 0.5) is 11.4 Å². The van der Waals surface area contributed by atoms with Gasteiger partial charge < -0.3 is 146 Å². The minimum atomic E-state index is -0.235. The number of hydrogen-bond acceptors (Lipinski definition) is 30. The molecule has 730 valence electrons. The molecule has 0 unspecified atom stereocenters. The van der Waals surface area contributed by atoms with Crippen molar-refractivity contribution in [3.63, 3.8) is 0 Å². The zero-order chi connectivity index (χ0) is 96.7. The lowest BCUT2D eigenvalue weighted by Crippen LogP contribution is -2.27. The van der Waals surface area contributed by atoms with E-state index < -0.39 is 0 Å². The maximum Gasteiger partial charge on any atom is 0.248 e. The quantitative estimate of drug-likeness (QED) is 0.0260. The summed E-state index contributed by atoms with van der Waals surface area (Å²) in [5.74, 6) is 17.1. The van der Waals surface area contributed by atoms with Crippen LogP contribution in [-0.2, 0) is 86.8 Å². The Morgan fingerprint density at radius 1 is 0.204 bits per heavy atom. The van der Waals surface area contributed by atoms with Gasteiger partial charge in [-0.1, -0.05) is 60.7 Å². The highest BCUT2D eigenvalue weighted by Crippen LogP contribution is 2.43. The Labute approximate surface area is 813 Å². The third kappa shape index (κ3) is 25.0. The Bertz CT molecular complexity index is 6500. The summed E-state index contributed by atoms with van der Waals surface area (Å²) in [4.78, 5) is 72.3. The predicted octanol–water partition coefficient (Wildman–Crippen LogP) is 14.4. The van der Waals surface area contributed by atoms with Gasteiger partial charge in [-0.3, -0.25) is 28.8 Å². The van der Waals surface area contributed by atoms with E-state index >= 15 is 0 Å². The molecule has 0 saturated carbocycles. The molecule has 0 atom stereocenters. The molecule has 24 rings (SSSR count). The molecular formula is C106H96N6O30. The summed E-state index contributed by atoms with van der Waals surface area (Å²) < 4.78 is 127. The van der Waals surface area contributed by atoms with Crippen LogP contribution in [0.2, 0.25) is 0 Å². The number of carbonyl (C=O) groups excluding carboxylic acids is 6. The van der Waals surface area contributed by atoms with Gasteiger partial charge in [0.1, 0.15) is 0 Å². The van der Waals surface area contributed by atoms with Crippen molar-refractivity contribution >= 4 is 52.9 Å². The second-order valence-electron chi connectivity index (χ2n) is 32.9. The molecule has 0 saturated heterocycles. The first-order valence-electron chi connectivity index (χ1n) is 45.7. The largest absolute Gasteiger partial charge is 0.454 e. The number of fused-ring (bicyclic) bond motifs is 12. The predicted molar refractivity (Wildman–Crippen MR) is 507 cm³/mol. The first-order chi connectivity index (χ1) is 69.7. The first-order valence-corrected chi connectivity index (χ1v) is 45.7. The molecule has 36 heteroatoms. The molecule has 6 amide bonds. The fraction of sp³-hybridized carbons (Fsp3) is 0.245. The Kier molecular flexibility index (Phi) is 29.7. The summed E-state index contributed by atoms with van der Waals surface area (Å²) in [7, 11) is 0. The van der Waals surface area contributed by atoms with Gasteiger partial charge >= 0.3 is 0 Å². The molecule has 12 aliphatic rings. The molecule has 12 aromatic carbocycles. The van der Waals surface area contributed by atoms with Crippen molar-refractivity contribution in [2.24, 2.45) is 0 Å². The summed E-state index contributed by atoms with van der Waals surface area (Å²) in [5, 5.41) is 17.3. The molecule has 12 aromatic rings. The summed E-state index contributed by atoms with van der Waals surface area (Å²) in [6.45, 7) is 5.02. The maximum absolute atomic E-state index is 12.1. The summed E-state index contributed by atoms with van der Waals surface area (Å²) in [6, 6.07) is 67.5. The normalized spacial score (nSPS) is 13.9. The monoisotopic (exact) mass is 1930 g/mol. The van der Waals surface area contributed by atoms with Gasteiger partial charge in [0.15, 0.2) is 138 Å². The average molecular weight is 1930 g/mol. The summed E-state index contributed by atoms with van der Waals surface area (Å²) in [5.41, 5.74) is 11.3. The van der Waals surface area contributed by atoms with Crippen LogP contribution < -0.4 is 146 Å². The number of ether oxygens (including phenoxy) is 24. The van der Waals surface area contributed by atoms with E-state index in [1.165, 1.54) is 6.08 Å². The fourth-order valence-electron chi connectivity index (χ4n) is 15.8. The van der Waals surface area contributed by atoms with Crippen molar-refractivity contribution in [1.82, 2.24) is 21.3 Å². The standard InChI is InChI=1S/C19H19NO5.2C18H17NO5.C17H15NO5.C17H13NO5.C17H15NO5/c21-19(6-3-13-1-4-15-17(9-13)24-11-22-15)20-8-7-14-2-5-16-18(10-14)25-12-23-16;20-18(6-3-12-1-4-14-16(7-12)23-10-21-14)19-9-13-2-5-15-17(8-13)24-11-22-15;20-18(9-13-2-4-15-17(8-13)24-11-22-15)19-6-5-12-1-3-14-16(7-12)23-10-21-14;2*19-17(18-12-3-5-14-16(8-12)23-10-21-14)6-2-11-1-4-13-15(7-11)22-9-20-13;19-17(7-11-1-3-13-15(5-11)22-9-20-13)18-8-12-2-4-14-16(6-12)23-10-21-14/h1-2,4-5,9-10H,3,6-8,11-12H2,(H,20,21);1-2,4-5,7-8H,3,6,9-11H2,(H,19,20);1-4,7-8H,5-6,9-11H2,(H,19,20);1,3-5,7-8H,2,6,9-10H2,(H,18,19);1-8H,9-10H2,(H,18,19);1-6H,7-10H2,(H,18,19)/b;;;;6-2+;. The molecule has 12 aliphatic heterocycles. The summed E-state index contributed by atoms with van der Waals surface area (Å²) >= 11 is 0. The third-order valence-corrected chi connectivity index (χ3v) is 23.2. The number of carbonyl (C=O) groups is 6. The van der Waals surface area contributed by atoms with Crippen molar-refractivity contribution in [1.29, 1.82) is 0 Å². The van der Waals surface area contributed by atoms with Crippen LogP contribution in [0, 0.1) is 0 Å². The van der Waals surface area contributed by atoms with E-state index in [0.29, 0.717) is 141 Å². The van der Waals surface area contributed by atoms with E-state index in [0.717, 1.165) is 155 Å². The Morgan fingerprint density at radius 2 is 0.430 bits per heavy atom. The van der Waals surface area contributed by atoms with E-state index in [-0.39, 0.29) is 117 Å². The van der Waals surface area contributed by atoms with Gasteiger partial charge in [0.25, 0.3) is 0 Å². The van der Waals surface area contributed by atoms with Crippen LogP contribution in [0.1, 0.15) is 74.9 Å². The molecule has 36 nitrogen and oxygen atoms in total. The van der Waals surface area contributed by atoms with Gasteiger partial charge in [-0.2, -0.15) is 0 Å². The third-order valence-electron chi connectivity index (χ3n) is 23.2. The van der Waals surface area contributed by atoms with E-state index in [1.54, 1.807) is 42.5 Å². The molecule has 0 bridgehead atoms. The Hall–Kier alpha value is -17.6. The number of aryl methyl sites for hydroxylation is 3. The minimum absolute atomic E-state index is 0.00494. The lowest BCUT2D eigenvalue weighted by molar-refractivity contribution is -0.122. The highest BCUT2D eigenvalue weighted by Gasteiger charge is 2.26. The highest BCUT2D eigenvalue weighted by molar-refractivity contribution is 6.02. The van der Waals surface area contributed by atoms with Gasteiger partial charge in [0.2, 0.25) is 117 Å². The molecule has 12 heterocycles. The zero-order valence-electron chi connectivity index (χ0n) is 76.6. The lowest BCUT2D eigenvalue weighted by Gasteiger charge is -2.07. The smallest absolute Gasteiger partial charge is 0.248 e. The maximum atomic E-state index is 12.1. The number of amides is 6. The van der Waals surface area contributed by atoms with Gasteiger partial charge in [-0.05, 0) is 239 Å². The summed E-state index contributed by atoms with van der Waals surface area (Å²) in [6.07, 6.45) is 8.49. The Balaban J connectivity index is 0.000000108. The van der Waals surface area contributed by atoms with Crippen LogP contribution >= 0.6 is 0 Å². The molecule has 6 N–H and O–H groups in total. The number of nitrogens with one attached hydrogen (secondary N) is 6. The van der Waals surface area contributed by atoms with Gasteiger partial charge in [-0.15, -0.1) is 0 Å². The average Bonchev–Trinajstić information content (AvgIpc) is 1.69. The minimum Gasteiger partial charge on any atom is -0.454 e. The second kappa shape index (κ2) is 45.1. The van der Waals surface area contributed by atoms with Crippen LogP contribution in [0.15, 0.2) is 224 Å². The molecule has 0 aromatic heterocycles. The molecule has 0 fully saturated rings. The number of hydrogen-bond donors (Lipinski definition) is 6. The van der Waals surface area contributed by atoms with Gasteiger partial charge in [-0.25, -0.2) is 0 Å². The second-order valence-corrected chi connectivity index (χ2v) is 32.9. The van der Waals surface area contributed by atoms with Crippen molar-refractivity contribution in [3.8, 4) is 138 Å². The van der Waals surface area contributed by atoms with Crippen LogP contribution in [-0.4, -0.2) is 130 Å². The van der Waals surface area contributed by atoms with Crippen molar-refractivity contribution < 1.29 is 142 Å². The van der Waals surface area contributed by atoms with E-state index in [9.17, 15) is 28.8 Å².